The summed E-state index contributed by atoms with van der Waals surface area (Å²) in [5, 5.41) is 0. The Morgan fingerprint density at radius 3 is 1.70 bits per heavy atom. The molecule has 0 aliphatic carbocycles. The summed E-state index contributed by atoms with van der Waals surface area (Å²) in [6, 6.07) is 20.1. The third-order valence-electron chi connectivity index (χ3n) is 4.80. The van der Waals surface area contributed by atoms with E-state index in [-0.39, 0.29) is 18.3 Å². The van der Waals surface area contributed by atoms with E-state index < -0.39 is 12.4 Å². The molecule has 3 rings (SSSR count). The van der Waals surface area contributed by atoms with Gasteiger partial charge in [-0.3, -0.25) is 0 Å². The van der Waals surface area contributed by atoms with E-state index in [0.29, 0.717) is 13.2 Å². The van der Waals surface area contributed by atoms with Gasteiger partial charge in [-0.25, -0.2) is 0 Å². The van der Waals surface area contributed by atoms with Crippen LogP contribution in [-0.2, 0) is 36.9 Å². The Bertz CT molecular complexity index is 663. The molecule has 0 bridgehead atoms. The predicted molar refractivity (Wildman–Crippen MR) is 102 cm³/mol. The molecular weight excluding hydrogens is 344 g/mol. The molecule has 2 aromatic rings. The third kappa shape index (κ3) is 5.15. The van der Waals surface area contributed by atoms with Crippen LogP contribution in [0.2, 0.25) is 0 Å². The number of benzene rings is 2. The Balaban J connectivity index is 1.69. The van der Waals surface area contributed by atoms with Gasteiger partial charge in [0.05, 0.1) is 19.3 Å². The lowest BCUT2D eigenvalue weighted by molar-refractivity contribution is -0.309. The maximum atomic E-state index is 6.17. The number of ether oxygens (including phenoxy) is 5. The summed E-state index contributed by atoms with van der Waals surface area (Å²) < 4.78 is 29.7. The highest BCUT2D eigenvalue weighted by molar-refractivity contribution is 5.14. The Morgan fingerprint density at radius 2 is 1.22 bits per heavy atom. The zero-order chi connectivity index (χ0) is 19.1. The van der Waals surface area contributed by atoms with E-state index in [1.807, 2.05) is 67.6 Å². The predicted octanol–water partition coefficient (Wildman–Crippen LogP) is 3.56. The Kier molecular flexibility index (Phi) is 7.38. The molecule has 1 heterocycles. The number of hydrogen-bond donors (Lipinski definition) is 0. The van der Waals surface area contributed by atoms with Crippen molar-refractivity contribution in [3.8, 4) is 0 Å². The lowest BCUT2D eigenvalue weighted by Gasteiger charge is -2.44. The molecule has 1 unspecified atom stereocenters. The Morgan fingerprint density at radius 1 is 0.704 bits per heavy atom. The molecule has 0 aromatic heterocycles. The smallest absolute Gasteiger partial charge is 0.186 e. The molecule has 0 N–H and O–H groups in total. The monoisotopic (exact) mass is 372 g/mol. The maximum absolute atomic E-state index is 6.17. The van der Waals surface area contributed by atoms with E-state index in [2.05, 4.69) is 0 Å². The summed E-state index contributed by atoms with van der Waals surface area (Å²) >= 11 is 0. The van der Waals surface area contributed by atoms with Gasteiger partial charge in [-0.15, -0.1) is 0 Å². The summed E-state index contributed by atoms with van der Waals surface area (Å²) in [7, 11) is 3.29. The highest BCUT2D eigenvalue weighted by Gasteiger charge is 2.46. The molecule has 1 saturated heterocycles. The molecule has 0 spiro atoms. The highest BCUT2D eigenvalue weighted by Crippen LogP contribution is 2.29. The van der Waals surface area contributed by atoms with Gasteiger partial charge >= 0.3 is 0 Å². The summed E-state index contributed by atoms with van der Waals surface area (Å²) in [5.74, 6) is 0. The second-order valence-electron chi connectivity index (χ2n) is 6.67. The van der Waals surface area contributed by atoms with Crippen molar-refractivity contribution in [3.05, 3.63) is 71.8 Å². The van der Waals surface area contributed by atoms with Crippen LogP contribution in [0, 0.1) is 0 Å². The number of methoxy groups -OCH3 is 2. The van der Waals surface area contributed by atoms with Gasteiger partial charge in [-0.1, -0.05) is 60.7 Å². The zero-order valence-corrected chi connectivity index (χ0v) is 16.1. The first-order valence-corrected chi connectivity index (χ1v) is 9.25. The van der Waals surface area contributed by atoms with E-state index in [0.717, 1.165) is 11.1 Å². The molecule has 1 aliphatic heterocycles. The van der Waals surface area contributed by atoms with Crippen molar-refractivity contribution in [1.82, 2.24) is 0 Å². The molecule has 1 aliphatic rings. The van der Waals surface area contributed by atoms with E-state index in [4.69, 9.17) is 23.7 Å². The second-order valence-corrected chi connectivity index (χ2v) is 6.67. The first-order chi connectivity index (χ1) is 13.2. The van der Waals surface area contributed by atoms with Crippen molar-refractivity contribution in [3.63, 3.8) is 0 Å². The lowest BCUT2D eigenvalue weighted by Crippen LogP contribution is -2.59. The fourth-order valence-corrected chi connectivity index (χ4v) is 3.37. The lowest BCUT2D eigenvalue weighted by atomic mass is 9.99. The third-order valence-corrected chi connectivity index (χ3v) is 4.80. The molecule has 5 nitrogen and oxygen atoms in total. The molecule has 5 heteroatoms. The quantitative estimate of drug-likeness (QED) is 0.709. The standard InChI is InChI=1S/C22H28O5/c1-16-19(25-14-17-10-6-4-7-11-17)20(23-2)21(22(24-3)27-16)26-15-18-12-8-5-9-13-18/h4-13,16,19-22H,14-15H2,1-3H3/t16-,19+,20+,21-,22?/m0/s1. The maximum Gasteiger partial charge on any atom is 0.186 e. The molecule has 5 atom stereocenters. The SMILES string of the molecule is COC1O[C@@H](C)[C@@H](OCc2ccccc2)[C@@H](OC)[C@@H]1OCc1ccccc1. The molecule has 0 saturated carbocycles. The molecule has 1 fully saturated rings. The Labute approximate surface area is 161 Å². The van der Waals surface area contributed by atoms with Crippen LogP contribution < -0.4 is 0 Å². The first-order valence-electron chi connectivity index (χ1n) is 9.25. The van der Waals surface area contributed by atoms with E-state index in [9.17, 15) is 0 Å². The van der Waals surface area contributed by atoms with Crippen molar-refractivity contribution in [2.24, 2.45) is 0 Å². The van der Waals surface area contributed by atoms with Gasteiger partial charge in [0.25, 0.3) is 0 Å². The summed E-state index contributed by atoms with van der Waals surface area (Å²) in [5.41, 5.74) is 2.19. The average Bonchev–Trinajstić information content (AvgIpc) is 2.72. The minimum Gasteiger partial charge on any atom is -0.376 e. The van der Waals surface area contributed by atoms with Crippen LogP contribution in [0.1, 0.15) is 18.1 Å². The van der Waals surface area contributed by atoms with Crippen LogP contribution in [0.4, 0.5) is 0 Å². The van der Waals surface area contributed by atoms with Crippen molar-refractivity contribution in [2.45, 2.75) is 50.8 Å². The number of hydrogen-bond acceptors (Lipinski definition) is 5. The second kappa shape index (κ2) is 9.97. The van der Waals surface area contributed by atoms with Gasteiger partial charge in [0, 0.05) is 14.2 Å². The average molecular weight is 372 g/mol. The van der Waals surface area contributed by atoms with Gasteiger partial charge < -0.3 is 23.7 Å². The largest absolute Gasteiger partial charge is 0.376 e. The van der Waals surface area contributed by atoms with E-state index >= 15 is 0 Å². The van der Waals surface area contributed by atoms with Crippen LogP contribution in [0.15, 0.2) is 60.7 Å². The minimum absolute atomic E-state index is 0.180. The van der Waals surface area contributed by atoms with E-state index in [1.54, 1.807) is 14.2 Å². The van der Waals surface area contributed by atoms with Crippen molar-refractivity contribution in [1.29, 1.82) is 0 Å². The van der Waals surface area contributed by atoms with Crippen LogP contribution >= 0.6 is 0 Å². The van der Waals surface area contributed by atoms with Gasteiger partial charge in [0.2, 0.25) is 0 Å². The van der Waals surface area contributed by atoms with Crippen molar-refractivity contribution < 1.29 is 23.7 Å². The number of rotatable bonds is 8. The fourth-order valence-electron chi connectivity index (χ4n) is 3.37. The summed E-state index contributed by atoms with van der Waals surface area (Å²) in [6.07, 6.45) is -1.64. The molecule has 146 valence electrons. The first kappa shape index (κ1) is 20.0. The van der Waals surface area contributed by atoms with Gasteiger partial charge in [-0.2, -0.15) is 0 Å². The molecule has 27 heavy (non-hydrogen) atoms. The zero-order valence-electron chi connectivity index (χ0n) is 16.1. The van der Waals surface area contributed by atoms with Crippen LogP contribution in [-0.4, -0.2) is 44.9 Å². The van der Waals surface area contributed by atoms with Crippen LogP contribution in [0.3, 0.4) is 0 Å². The van der Waals surface area contributed by atoms with Gasteiger partial charge in [-0.05, 0) is 18.1 Å². The highest BCUT2D eigenvalue weighted by atomic mass is 16.7. The summed E-state index contributed by atoms with van der Waals surface area (Å²) in [6.45, 7) is 2.91. The van der Waals surface area contributed by atoms with Gasteiger partial charge in [0.15, 0.2) is 6.29 Å². The Hall–Kier alpha value is -1.76. The molecule has 0 amide bonds. The van der Waals surface area contributed by atoms with E-state index in [1.165, 1.54) is 0 Å². The van der Waals surface area contributed by atoms with Crippen molar-refractivity contribution in [2.75, 3.05) is 14.2 Å². The van der Waals surface area contributed by atoms with Crippen LogP contribution in [0.25, 0.3) is 0 Å². The molecule has 2 aromatic carbocycles. The molecule has 0 radical (unpaired) electrons. The van der Waals surface area contributed by atoms with Crippen molar-refractivity contribution >= 4 is 0 Å². The normalized spacial score (nSPS) is 28.2. The summed E-state index contributed by atoms with van der Waals surface area (Å²) in [4.78, 5) is 0. The van der Waals surface area contributed by atoms with Gasteiger partial charge in [0.1, 0.15) is 18.3 Å². The molecular formula is C22H28O5. The van der Waals surface area contributed by atoms with Crippen LogP contribution in [0.5, 0.6) is 0 Å². The minimum atomic E-state index is -0.509. The topological polar surface area (TPSA) is 46.2 Å². The fraction of sp³-hybridized carbons (Fsp3) is 0.455.